The molecule has 0 bridgehead atoms. The average Bonchev–Trinajstić information content (AvgIpc) is 3.03. The SMILES string of the molecule is CC(C)/C=C\C(F)=C/CF.O=CC1(NCCNCC(O)O)CCCC1. The maximum atomic E-state index is 12.3. The molecule has 0 heterocycles. The molecule has 0 unspecified atom stereocenters. The van der Waals surface area contributed by atoms with Gasteiger partial charge in [-0.25, -0.2) is 8.78 Å². The number of carbonyl (C=O) groups is 1. The topological polar surface area (TPSA) is 81.6 Å². The van der Waals surface area contributed by atoms with Crippen molar-refractivity contribution in [2.24, 2.45) is 5.92 Å². The predicted molar refractivity (Wildman–Crippen MR) is 95.5 cm³/mol. The van der Waals surface area contributed by atoms with Crippen LogP contribution in [0.4, 0.5) is 8.78 Å². The molecule has 1 rings (SSSR count). The molecular formula is C18H32F2N2O3. The third-order valence-electron chi connectivity index (χ3n) is 3.74. The van der Waals surface area contributed by atoms with Crippen LogP contribution < -0.4 is 10.6 Å². The second-order valence-electron chi connectivity index (χ2n) is 6.44. The largest absolute Gasteiger partial charge is 0.367 e. The van der Waals surface area contributed by atoms with Crippen LogP contribution in [0.5, 0.6) is 0 Å². The van der Waals surface area contributed by atoms with Gasteiger partial charge in [0.15, 0.2) is 6.29 Å². The molecule has 25 heavy (non-hydrogen) atoms. The van der Waals surface area contributed by atoms with Crippen LogP contribution in [-0.4, -0.2) is 54.6 Å². The average molecular weight is 362 g/mol. The highest BCUT2D eigenvalue weighted by Gasteiger charge is 2.32. The van der Waals surface area contributed by atoms with Gasteiger partial charge in [-0.2, -0.15) is 0 Å². The Kier molecular flexibility index (Phi) is 13.4. The van der Waals surface area contributed by atoms with Gasteiger partial charge >= 0.3 is 0 Å². The normalized spacial score (nSPS) is 17.2. The number of halogens is 2. The van der Waals surface area contributed by atoms with Crippen molar-refractivity contribution in [3.8, 4) is 0 Å². The Morgan fingerprint density at radius 3 is 2.36 bits per heavy atom. The van der Waals surface area contributed by atoms with Crippen molar-refractivity contribution in [2.45, 2.75) is 51.4 Å². The highest BCUT2D eigenvalue weighted by molar-refractivity contribution is 5.64. The Labute approximate surface area is 149 Å². The van der Waals surface area contributed by atoms with E-state index in [1.165, 1.54) is 6.08 Å². The lowest BCUT2D eigenvalue weighted by molar-refractivity contribution is -0.113. The van der Waals surface area contributed by atoms with Gasteiger partial charge in [0.05, 0.1) is 5.54 Å². The van der Waals surface area contributed by atoms with E-state index in [2.05, 4.69) is 10.6 Å². The minimum atomic E-state index is -1.31. The fraction of sp³-hybridized carbons (Fsp3) is 0.722. The number of hydrogen-bond acceptors (Lipinski definition) is 5. The van der Waals surface area contributed by atoms with Gasteiger partial charge in [0.1, 0.15) is 18.8 Å². The molecule has 0 atom stereocenters. The molecule has 0 saturated heterocycles. The monoisotopic (exact) mass is 362 g/mol. The maximum absolute atomic E-state index is 12.3. The molecule has 0 aromatic rings. The van der Waals surface area contributed by atoms with E-state index in [1.54, 1.807) is 6.08 Å². The molecule has 1 aliphatic rings. The van der Waals surface area contributed by atoms with Crippen LogP contribution >= 0.6 is 0 Å². The highest BCUT2D eigenvalue weighted by atomic mass is 19.1. The minimum Gasteiger partial charge on any atom is -0.367 e. The zero-order valence-electron chi connectivity index (χ0n) is 15.2. The lowest BCUT2D eigenvalue weighted by Crippen LogP contribution is -2.47. The molecular weight excluding hydrogens is 330 g/mol. The zero-order valence-corrected chi connectivity index (χ0v) is 15.2. The Morgan fingerprint density at radius 2 is 1.88 bits per heavy atom. The summed E-state index contributed by atoms with van der Waals surface area (Å²) in [6, 6.07) is 0. The standard InChI is InChI=1S/C10H20N2O3.C8H12F2/c13-8-10(3-1-2-4-10)12-6-5-11-7-9(14)15;1-7(2)3-4-8(10)5-6-9/h8-9,11-12,14-15H,1-7H2;3-5,7H,6H2,1-2H3/b;4-3-,8-5+. The number of aliphatic hydroxyl groups excluding tert-OH is 1. The first-order chi connectivity index (χ1) is 11.8. The number of nitrogens with one attached hydrogen (secondary N) is 2. The van der Waals surface area contributed by atoms with Crippen LogP contribution in [0, 0.1) is 5.92 Å². The Hall–Kier alpha value is -1.15. The quantitative estimate of drug-likeness (QED) is 0.207. The number of aldehydes is 1. The van der Waals surface area contributed by atoms with Crippen LogP contribution in [0.3, 0.4) is 0 Å². The van der Waals surface area contributed by atoms with Gasteiger partial charge in [-0.15, -0.1) is 0 Å². The Morgan fingerprint density at radius 1 is 1.24 bits per heavy atom. The van der Waals surface area contributed by atoms with Gasteiger partial charge in [0.2, 0.25) is 0 Å². The van der Waals surface area contributed by atoms with Gasteiger partial charge in [-0.05, 0) is 30.9 Å². The van der Waals surface area contributed by atoms with Gasteiger partial charge in [-0.1, -0.05) is 32.8 Å². The number of aliphatic hydroxyl groups is 2. The summed E-state index contributed by atoms with van der Waals surface area (Å²) in [5, 5.41) is 23.2. The first kappa shape index (κ1) is 23.9. The van der Waals surface area contributed by atoms with Gasteiger partial charge in [0, 0.05) is 19.6 Å². The molecule has 0 aromatic carbocycles. The molecule has 0 radical (unpaired) electrons. The smallest absolute Gasteiger partial charge is 0.164 e. The number of alkyl halides is 1. The maximum Gasteiger partial charge on any atom is 0.164 e. The Balaban J connectivity index is 0.000000504. The van der Waals surface area contributed by atoms with Crippen LogP contribution in [0.25, 0.3) is 0 Å². The summed E-state index contributed by atoms with van der Waals surface area (Å²) in [4.78, 5) is 10.9. The van der Waals surface area contributed by atoms with E-state index >= 15 is 0 Å². The third-order valence-corrected chi connectivity index (χ3v) is 3.74. The van der Waals surface area contributed by atoms with Crippen molar-refractivity contribution in [1.82, 2.24) is 10.6 Å². The molecule has 7 heteroatoms. The summed E-state index contributed by atoms with van der Waals surface area (Å²) in [6.07, 6.45) is 7.61. The van der Waals surface area contributed by atoms with Crippen LogP contribution in [0.1, 0.15) is 39.5 Å². The van der Waals surface area contributed by atoms with Crippen molar-refractivity contribution in [1.29, 1.82) is 0 Å². The lowest BCUT2D eigenvalue weighted by Gasteiger charge is -2.23. The zero-order chi connectivity index (χ0) is 19.1. The summed E-state index contributed by atoms with van der Waals surface area (Å²) < 4.78 is 23.7. The second kappa shape index (κ2) is 14.1. The minimum absolute atomic E-state index is 0.162. The lowest BCUT2D eigenvalue weighted by atomic mass is 10.0. The Bertz CT molecular complexity index is 407. The number of allylic oxidation sites excluding steroid dienone is 4. The van der Waals surface area contributed by atoms with Crippen molar-refractivity contribution >= 4 is 6.29 Å². The molecule has 1 saturated carbocycles. The third kappa shape index (κ3) is 12.8. The fourth-order valence-electron chi connectivity index (χ4n) is 2.40. The van der Waals surface area contributed by atoms with Gasteiger partial charge in [-0.3, -0.25) is 0 Å². The van der Waals surface area contributed by atoms with Crippen molar-refractivity contribution in [3.63, 3.8) is 0 Å². The van der Waals surface area contributed by atoms with E-state index in [0.717, 1.165) is 38.0 Å². The molecule has 1 fully saturated rings. The fourth-order valence-corrected chi connectivity index (χ4v) is 2.40. The van der Waals surface area contributed by atoms with Crippen molar-refractivity contribution in [3.05, 3.63) is 24.1 Å². The molecule has 0 aromatic heterocycles. The second-order valence-corrected chi connectivity index (χ2v) is 6.44. The molecule has 146 valence electrons. The van der Waals surface area contributed by atoms with E-state index in [1.807, 2.05) is 13.8 Å². The highest BCUT2D eigenvalue weighted by Crippen LogP contribution is 2.27. The van der Waals surface area contributed by atoms with Gasteiger partial charge in [0.25, 0.3) is 0 Å². The van der Waals surface area contributed by atoms with Crippen molar-refractivity contribution in [2.75, 3.05) is 26.3 Å². The summed E-state index contributed by atoms with van der Waals surface area (Å²) in [5.74, 6) is -0.199. The van der Waals surface area contributed by atoms with Crippen LogP contribution in [0.2, 0.25) is 0 Å². The number of carbonyl (C=O) groups excluding carboxylic acids is 1. The summed E-state index contributed by atoms with van der Waals surface area (Å²) >= 11 is 0. The van der Waals surface area contributed by atoms with Crippen molar-refractivity contribution < 1.29 is 23.8 Å². The summed E-state index contributed by atoms with van der Waals surface area (Å²) in [5.41, 5.74) is -0.320. The molecule has 0 amide bonds. The summed E-state index contributed by atoms with van der Waals surface area (Å²) in [6.45, 7) is 4.58. The first-order valence-corrected chi connectivity index (χ1v) is 8.73. The van der Waals surface area contributed by atoms with E-state index < -0.39 is 18.8 Å². The molecule has 5 nitrogen and oxygen atoms in total. The van der Waals surface area contributed by atoms with E-state index in [0.29, 0.717) is 19.0 Å². The van der Waals surface area contributed by atoms with E-state index in [4.69, 9.17) is 10.2 Å². The predicted octanol–water partition coefficient (Wildman–Crippen LogP) is 2.01. The summed E-state index contributed by atoms with van der Waals surface area (Å²) in [7, 11) is 0. The molecule has 4 N–H and O–H groups in total. The molecule has 1 aliphatic carbocycles. The first-order valence-electron chi connectivity index (χ1n) is 8.73. The molecule has 0 spiro atoms. The van der Waals surface area contributed by atoms with Gasteiger partial charge < -0.3 is 25.6 Å². The van der Waals surface area contributed by atoms with Crippen LogP contribution in [-0.2, 0) is 4.79 Å². The molecule has 0 aliphatic heterocycles. The number of rotatable bonds is 10. The van der Waals surface area contributed by atoms with Crippen LogP contribution in [0.15, 0.2) is 24.1 Å². The van der Waals surface area contributed by atoms with E-state index in [-0.39, 0.29) is 12.1 Å². The van der Waals surface area contributed by atoms with E-state index in [9.17, 15) is 13.6 Å². The number of hydrogen-bond donors (Lipinski definition) is 4.